The molecule has 1 saturated heterocycles. The highest BCUT2D eigenvalue weighted by Crippen LogP contribution is 2.18. The smallest absolute Gasteiger partial charge is 0.279 e. The molecule has 0 saturated carbocycles. The van der Waals surface area contributed by atoms with Crippen LogP contribution in [0.2, 0.25) is 0 Å². The Bertz CT molecular complexity index is 548. The fourth-order valence-corrected chi connectivity index (χ4v) is 3.63. The lowest BCUT2D eigenvalue weighted by Gasteiger charge is -2.30. The van der Waals surface area contributed by atoms with Gasteiger partial charge >= 0.3 is 0 Å². The van der Waals surface area contributed by atoms with E-state index in [-0.39, 0.29) is 19.1 Å². The van der Waals surface area contributed by atoms with Crippen molar-refractivity contribution in [3.8, 4) is 0 Å². The maximum absolute atomic E-state index is 12.2. The predicted octanol–water partition coefficient (Wildman–Crippen LogP) is 0.429. The monoisotopic (exact) mass is 299 g/mol. The van der Waals surface area contributed by atoms with E-state index in [1.807, 2.05) is 13.0 Å². The fourth-order valence-electron chi connectivity index (χ4n) is 2.34. The molecular weight excluding hydrogens is 278 g/mol. The lowest BCUT2D eigenvalue weighted by atomic mass is 10.0. The summed E-state index contributed by atoms with van der Waals surface area (Å²) < 4.78 is 28.5. The first-order valence-electron chi connectivity index (χ1n) is 6.78. The second-order valence-electron chi connectivity index (χ2n) is 5.18. The molecule has 0 aromatic carbocycles. The number of rotatable bonds is 5. The molecule has 2 heterocycles. The highest BCUT2D eigenvalue weighted by atomic mass is 32.2. The van der Waals surface area contributed by atoms with Crippen molar-refractivity contribution in [1.29, 1.82) is 0 Å². The van der Waals surface area contributed by atoms with Crippen LogP contribution in [0.5, 0.6) is 0 Å². The van der Waals surface area contributed by atoms with Crippen molar-refractivity contribution in [2.24, 2.45) is 5.92 Å². The van der Waals surface area contributed by atoms with Crippen molar-refractivity contribution >= 4 is 10.2 Å². The number of aromatic nitrogens is 1. The maximum Gasteiger partial charge on any atom is 0.279 e. The van der Waals surface area contributed by atoms with E-state index in [4.69, 9.17) is 5.11 Å². The molecule has 20 heavy (non-hydrogen) atoms. The predicted molar refractivity (Wildman–Crippen MR) is 76.1 cm³/mol. The van der Waals surface area contributed by atoms with Gasteiger partial charge in [0, 0.05) is 38.6 Å². The Kier molecular flexibility index (Phi) is 5.09. The Hall–Kier alpha value is -1.02. The van der Waals surface area contributed by atoms with E-state index >= 15 is 0 Å². The van der Waals surface area contributed by atoms with E-state index < -0.39 is 10.2 Å². The summed E-state index contributed by atoms with van der Waals surface area (Å²) in [7, 11) is -3.50. The van der Waals surface area contributed by atoms with Crippen molar-refractivity contribution in [3.05, 3.63) is 29.6 Å². The zero-order chi connectivity index (χ0) is 14.6. The molecule has 1 aromatic rings. The van der Waals surface area contributed by atoms with Crippen molar-refractivity contribution in [3.63, 3.8) is 0 Å². The summed E-state index contributed by atoms with van der Waals surface area (Å²) >= 11 is 0. The molecule has 0 aliphatic carbocycles. The first-order valence-corrected chi connectivity index (χ1v) is 8.22. The Labute approximate surface area is 120 Å². The summed E-state index contributed by atoms with van der Waals surface area (Å²) in [6.45, 7) is 3.10. The summed E-state index contributed by atoms with van der Waals surface area (Å²) in [6.07, 6.45) is 5.02. The van der Waals surface area contributed by atoms with E-state index in [1.165, 1.54) is 4.31 Å². The van der Waals surface area contributed by atoms with E-state index in [9.17, 15) is 8.42 Å². The zero-order valence-electron chi connectivity index (χ0n) is 11.6. The van der Waals surface area contributed by atoms with E-state index in [0.717, 1.165) is 24.0 Å². The molecule has 0 radical (unpaired) electrons. The number of hydrogen-bond acceptors (Lipinski definition) is 4. The van der Waals surface area contributed by atoms with Gasteiger partial charge in [-0.1, -0.05) is 0 Å². The average molecular weight is 299 g/mol. The van der Waals surface area contributed by atoms with Crippen LogP contribution in [0.4, 0.5) is 0 Å². The van der Waals surface area contributed by atoms with Crippen LogP contribution in [-0.4, -0.2) is 42.5 Å². The summed E-state index contributed by atoms with van der Waals surface area (Å²) in [5.41, 5.74) is 1.88. The second-order valence-corrected chi connectivity index (χ2v) is 6.93. The largest absolute Gasteiger partial charge is 0.396 e. The molecule has 1 aromatic heterocycles. The highest BCUT2D eigenvalue weighted by Gasteiger charge is 2.28. The van der Waals surface area contributed by atoms with Crippen LogP contribution in [0.3, 0.4) is 0 Å². The van der Waals surface area contributed by atoms with Crippen LogP contribution in [0, 0.1) is 12.8 Å². The summed E-state index contributed by atoms with van der Waals surface area (Å²) in [5, 5.41) is 9.17. The van der Waals surface area contributed by atoms with Crippen LogP contribution >= 0.6 is 0 Å². The molecular formula is C13H21N3O3S. The van der Waals surface area contributed by atoms with Gasteiger partial charge in [-0.25, -0.2) is 0 Å². The minimum atomic E-state index is -3.50. The lowest BCUT2D eigenvalue weighted by Crippen LogP contribution is -2.46. The van der Waals surface area contributed by atoms with Crippen molar-refractivity contribution < 1.29 is 13.5 Å². The van der Waals surface area contributed by atoms with Gasteiger partial charge in [0.15, 0.2) is 0 Å². The van der Waals surface area contributed by atoms with Gasteiger partial charge in [0.05, 0.1) is 0 Å². The topological polar surface area (TPSA) is 82.5 Å². The number of piperidine rings is 1. The maximum atomic E-state index is 12.2. The molecule has 7 heteroatoms. The summed E-state index contributed by atoms with van der Waals surface area (Å²) in [5.74, 6) is 0.0421. The number of hydrogen-bond donors (Lipinski definition) is 2. The Morgan fingerprint density at radius 2 is 2.35 bits per heavy atom. The quantitative estimate of drug-likeness (QED) is 0.826. The number of aryl methyl sites for hydroxylation is 1. The van der Waals surface area contributed by atoms with Crippen molar-refractivity contribution in [2.45, 2.75) is 26.3 Å². The van der Waals surface area contributed by atoms with Gasteiger partial charge in [-0.15, -0.1) is 0 Å². The fraction of sp³-hybridized carbons (Fsp3) is 0.615. The van der Waals surface area contributed by atoms with Gasteiger partial charge in [0.1, 0.15) is 0 Å². The molecule has 1 fully saturated rings. The second kappa shape index (κ2) is 6.62. The standard InChI is InChI=1S/C13H21N3O3S/c1-11-4-5-14-7-13(11)8-15-20(18,19)16-6-2-3-12(9-16)10-17/h4-5,7,12,15,17H,2-3,6,8-10H2,1H3. The van der Waals surface area contributed by atoms with Gasteiger partial charge in [0.25, 0.3) is 10.2 Å². The number of aliphatic hydroxyl groups excluding tert-OH is 1. The van der Waals surface area contributed by atoms with Gasteiger partial charge in [-0.2, -0.15) is 17.4 Å². The molecule has 112 valence electrons. The van der Waals surface area contributed by atoms with Gasteiger partial charge < -0.3 is 5.11 Å². The lowest BCUT2D eigenvalue weighted by molar-refractivity contribution is 0.164. The molecule has 0 amide bonds. The van der Waals surface area contributed by atoms with Crippen molar-refractivity contribution in [2.75, 3.05) is 19.7 Å². The number of nitrogens with one attached hydrogen (secondary N) is 1. The molecule has 0 spiro atoms. The Balaban J connectivity index is 1.99. The molecule has 2 rings (SSSR count). The summed E-state index contributed by atoms with van der Waals surface area (Å²) in [6, 6.07) is 1.85. The van der Waals surface area contributed by atoms with Gasteiger partial charge in [-0.05, 0) is 42.9 Å². The zero-order valence-corrected chi connectivity index (χ0v) is 12.4. The molecule has 6 nitrogen and oxygen atoms in total. The Morgan fingerprint density at radius 3 is 3.05 bits per heavy atom. The van der Waals surface area contributed by atoms with E-state index in [1.54, 1.807) is 12.4 Å². The summed E-state index contributed by atoms with van der Waals surface area (Å²) in [4.78, 5) is 4.00. The van der Waals surface area contributed by atoms with E-state index in [0.29, 0.717) is 13.1 Å². The van der Waals surface area contributed by atoms with Crippen LogP contribution in [0.1, 0.15) is 24.0 Å². The molecule has 1 aliphatic heterocycles. The van der Waals surface area contributed by atoms with Gasteiger partial charge in [-0.3, -0.25) is 4.98 Å². The normalized spacial score (nSPS) is 21.0. The third-order valence-corrected chi connectivity index (χ3v) is 5.19. The molecule has 1 unspecified atom stereocenters. The SMILES string of the molecule is Cc1ccncc1CNS(=O)(=O)N1CCCC(CO)C1. The van der Waals surface area contributed by atoms with Crippen LogP contribution in [0.25, 0.3) is 0 Å². The van der Waals surface area contributed by atoms with Crippen molar-refractivity contribution in [1.82, 2.24) is 14.0 Å². The third kappa shape index (κ3) is 3.76. The number of nitrogens with zero attached hydrogens (tertiary/aromatic N) is 2. The Morgan fingerprint density at radius 1 is 1.55 bits per heavy atom. The first-order chi connectivity index (χ1) is 9.53. The molecule has 1 aliphatic rings. The van der Waals surface area contributed by atoms with Crippen LogP contribution in [0.15, 0.2) is 18.5 Å². The minimum Gasteiger partial charge on any atom is -0.396 e. The molecule has 1 atom stereocenters. The first kappa shape index (κ1) is 15.4. The minimum absolute atomic E-state index is 0.0354. The van der Waals surface area contributed by atoms with Crippen LogP contribution in [-0.2, 0) is 16.8 Å². The number of aliphatic hydroxyl groups is 1. The number of pyridine rings is 1. The van der Waals surface area contributed by atoms with E-state index in [2.05, 4.69) is 9.71 Å². The van der Waals surface area contributed by atoms with Gasteiger partial charge in [0.2, 0.25) is 0 Å². The van der Waals surface area contributed by atoms with Crippen LogP contribution < -0.4 is 4.72 Å². The highest BCUT2D eigenvalue weighted by molar-refractivity contribution is 7.87. The third-order valence-electron chi connectivity index (χ3n) is 3.67. The molecule has 2 N–H and O–H groups in total. The average Bonchev–Trinajstić information content (AvgIpc) is 2.46. The molecule has 0 bridgehead atoms.